The Bertz CT molecular complexity index is 821. The lowest BCUT2D eigenvalue weighted by Crippen LogP contribution is -2.07. The zero-order chi connectivity index (χ0) is 18.1. The summed E-state index contributed by atoms with van der Waals surface area (Å²) >= 11 is 0. The second-order valence-corrected chi connectivity index (χ2v) is 4.29. The van der Waals surface area contributed by atoms with Gasteiger partial charge >= 0.3 is 6.18 Å². The van der Waals surface area contributed by atoms with Crippen LogP contribution in [0.2, 0.25) is 0 Å². The zero-order valence-corrected chi connectivity index (χ0v) is 11.2. The average Bonchev–Trinajstić information content (AvgIpc) is 2.46. The molecule has 0 atom stereocenters. The Kier molecular flexibility index (Phi) is 4.56. The van der Waals surface area contributed by atoms with Crippen molar-refractivity contribution in [1.82, 2.24) is 0 Å². The SMILES string of the molecule is [N-]=[N+]=Nc1cc(Oc2c(F)cc(C(F)(F)F)cc2F)c(F)cc1F. The summed E-state index contributed by atoms with van der Waals surface area (Å²) in [6, 6.07) is 0.628. The fourth-order valence-corrected chi connectivity index (χ4v) is 1.65. The molecule has 4 nitrogen and oxygen atoms in total. The highest BCUT2D eigenvalue weighted by molar-refractivity contribution is 5.47. The van der Waals surface area contributed by atoms with Gasteiger partial charge in [-0.2, -0.15) is 13.2 Å². The number of alkyl halides is 3. The molecule has 126 valence electrons. The van der Waals surface area contributed by atoms with Gasteiger partial charge in [-0.3, -0.25) is 0 Å². The highest BCUT2D eigenvalue weighted by Crippen LogP contribution is 2.37. The fraction of sp³-hybridized carbons (Fsp3) is 0.0769. The van der Waals surface area contributed by atoms with Crippen molar-refractivity contribution >= 4 is 5.69 Å². The van der Waals surface area contributed by atoms with E-state index in [0.29, 0.717) is 6.07 Å². The Morgan fingerprint density at radius 3 is 1.96 bits per heavy atom. The molecule has 0 aromatic heterocycles. The van der Waals surface area contributed by atoms with Crippen LogP contribution in [0.3, 0.4) is 0 Å². The minimum Gasteiger partial charge on any atom is -0.448 e. The van der Waals surface area contributed by atoms with Crippen molar-refractivity contribution in [2.24, 2.45) is 5.11 Å². The lowest BCUT2D eigenvalue weighted by molar-refractivity contribution is -0.138. The monoisotopic (exact) mass is 351 g/mol. The molecule has 2 aromatic rings. The van der Waals surface area contributed by atoms with Gasteiger partial charge < -0.3 is 4.74 Å². The van der Waals surface area contributed by atoms with Gasteiger partial charge in [-0.1, -0.05) is 5.11 Å². The normalized spacial score (nSPS) is 11.1. The Balaban J connectivity index is 2.49. The van der Waals surface area contributed by atoms with Gasteiger partial charge in [-0.15, -0.1) is 0 Å². The molecule has 24 heavy (non-hydrogen) atoms. The summed E-state index contributed by atoms with van der Waals surface area (Å²) in [6.45, 7) is 0. The van der Waals surface area contributed by atoms with E-state index in [0.717, 1.165) is 0 Å². The Morgan fingerprint density at radius 1 is 0.875 bits per heavy atom. The molecule has 0 saturated heterocycles. The van der Waals surface area contributed by atoms with Crippen molar-refractivity contribution in [3.8, 4) is 11.5 Å². The molecule has 0 saturated carbocycles. The summed E-state index contributed by atoms with van der Waals surface area (Å²) in [5.41, 5.74) is 5.87. The quantitative estimate of drug-likeness (QED) is 0.290. The molecular formula is C13H4F7N3O. The molecule has 0 aliphatic carbocycles. The summed E-state index contributed by atoms with van der Waals surface area (Å²) in [5.74, 6) is -8.47. The van der Waals surface area contributed by atoms with Crippen LogP contribution in [0.1, 0.15) is 5.56 Å². The third-order valence-electron chi connectivity index (χ3n) is 2.69. The van der Waals surface area contributed by atoms with Gasteiger partial charge in [0, 0.05) is 11.0 Å². The number of rotatable bonds is 3. The maximum absolute atomic E-state index is 13.6. The van der Waals surface area contributed by atoms with Crippen LogP contribution in [0, 0.1) is 23.3 Å². The largest absolute Gasteiger partial charge is 0.448 e. The molecular weight excluding hydrogens is 347 g/mol. The van der Waals surface area contributed by atoms with Crippen LogP contribution < -0.4 is 4.74 Å². The molecule has 0 unspecified atom stereocenters. The second kappa shape index (κ2) is 6.28. The summed E-state index contributed by atoms with van der Waals surface area (Å²) in [6.07, 6.45) is -5.00. The van der Waals surface area contributed by atoms with E-state index in [1.807, 2.05) is 0 Å². The third kappa shape index (κ3) is 3.51. The van der Waals surface area contributed by atoms with Gasteiger partial charge in [0.05, 0.1) is 11.3 Å². The van der Waals surface area contributed by atoms with E-state index < -0.39 is 52.2 Å². The molecule has 0 aliphatic rings. The van der Waals surface area contributed by atoms with E-state index in [4.69, 9.17) is 5.53 Å². The number of nitrogens with zero attached hydrogens (tertiary/aromatic N) is 3. The van der Waals surface area contributed by atoms with Crippen molar-refractivity contribution in [3.63, 3.8) is 0 Å². The number of hydrogen-bond acceptors (Lipinski definition) is 2. The first-order valence-corrected chi connectivity index (χ1v) is 5.91. The number of azide groups is 1. The van der Waals surface area contributed by atoms with E-state index in [1.54, 1.807) is 0 Å². The van der Waals surface area contributed by atoms with Crippen LogP contribution in [0.25, 0.3) is 10.4 Å². The van der Waals surface area contributed by atoms with Gasteiger partial charge in [0.25, 0.3) is 0 Å². The molecule has 0 fully saturated rings. The molecule has 0 bridgehead atoms. The summed E-state index contributed by atoms with van der Waals surface area (Å²) in [7, 11) is 0. The molecule has 2 aromatic carbocycles. The molecule has 11 heteroatoms. The van der Waals surface area contributed by atoms with Crippen molar-refractivity contribution in [2.45, 2.75) is 6.18 Å². The first-order valence-electron chi connectivity index (χ1n) is 5.91. The molecule has 0 N–H and O–H groups in total. The van der Waals surface area contributed by atoms with E-state index in [-0.39, 0.29) is 18.2 Å². The van der Waals surface area contributed by atoms with Crippen molar-refractivity contribution in [3.05, 3.63) is 63.5 Å². The minimum atomic E-state index is -5.00. The third-order valence-corrected chi connectivity index (χ3v) is 2.69. The maximum atomic E-state index is 13.6. The molecule has 0 amide bonds. The standard InChI is InChI=1S/C13H4F7N3O/c14-6-3-7(15)11(4-10(6)22-23-21)24-12-8(16)1-5(2-9(12)17)13(18,19)20/h1-4H. The van der Waals surface area contributed by atoms with Crippen LogP contribution in [0.5, 0.6) is 11.5 Å². The number of benzene rings is 2. The molecule has 0 aliphatic heterocycles. The Labute approximate surface area is 128 Å². The van der Waals surface area contributed by atoms with Crippen LogP contribution >= 0.6 is 0 Å². The van der Waals surface area contributed by atoms with E-state index in [2.05, 4.69) is 14.8 Å². The van der Waals surface area contributed by atoms with Crippen molar-refractivity contribution in [1.29, 1.82) is 0 Å². The van der Waals surface area contributed by atoms with E-state index in [1.165, 1.54) is 0 Å². The second-order valence-electron chi connectivity index (χ2n) is 4.29. The molecule has 0 heterocycles. The van der Waals surface area contributed by atoms with Gasteiger partial charge in [0.15, 0.2) is 29.0 Å². The molecule has 2 rings (SSSR count). The van der Waals surface area contributed by atoms with Crippen molar-refractivity contribution in [2.75, 3.05) is 0 Å². The van der Waals surface area contributed by atoms with E-state index >= 15 is 0 Å². The lowest BCUT2D eigenvalue weighted by Gasteiger charge is -2.12. The maximum Gasteiger partial charge on any atom is 0.416 e. The van der Waals surface area contributed by atoms with Gasteiger partial charge in [0.1, 0.15) is 5.82 Å². The summed E-state index contributed by atoms with van der Waals surface area (Å²) < 4.78 is 95.9. The predicted molar refractivity (Wildman–Crippen MR) is 66.6 cm³/mol. The first-order chi connectivity index (χ1) is 11.1. The Morgan fingerprint density at radius 2 is 1.46 bits per heavy atom. The van der Waals surface area contributed by atoms with Crippen LogP contribution in [-0.2, 0) is 6.18 Å². The summed E-state index contributed by atoms with van der Waals surface area (Å²) in [4.78, 5) is 2.25. The highest BCUT2D eigenvalue weighted by Gasteiger charge is 2.33. The summed E-state index contributed by atoms with van der Waals surface area (Å²) in [5, 5.41) is 2.86. The van der Waals surface area contributed by atoms with Crippen molar-refractivity contribution < 1.29 is 35.5 Å². The number of hydrogen-bond donors (Lipinski definition) is 0. The topological polar surface area (TPSA) is 58.0 Å². The van der Waals surface area contributed by atoms with E-state index in [9.17, 15) is 30.7 Å². The predicted octanol–water partition coefficient (Wildman–Crippen LogP) is 6.00. The molecule has 0 spiro atoms. The average molecular weight is 351 g/mol. The minimum absolute atomic E-state index is 0.0474. The number of halogens is 7. The zero-order valence-electron chi connectivity index (χ0n) is 11.2. The lowest BCUT2D eigenvalue weighted by atomic mass is 10.2. The number of ether oxygens (including phenoxy) is 1. The van der Waals surface area contributed by atoms with Crippen LogP contribution in [0.15, 0.2) is 29.4 Å². The Hall–Kier alpha value is -2.94. The molecule has 0 radical (unpaired) electrons. The first kappa shape index (κ1) is 17.4. The van der Waals surface area contributed by atoms with Gasteiger partial charge in [-0.25, -0.2) is 17.6 Å². The van der Waals surface area contributed by atoms with Gasteiger partial charge in [0.2, 0.25) is 0 Å². The van der Waals surface area contributed by atoms with Crippen LogP contribution in [0.4, 0.5) is 36.4 Å². The van der Waals surface area contributed by atoms with Gasteiger partial charge in [-0.05, 0) is 23.7 Å². The van der Waals surface area contributed by atoms with Crippen LogP contribution in [-0.4, -0.2) is 0 Å². The smallest absolute Gasteiger partial charge is 0.416 e. The fourth-order valence-electron chi connectivity index (χ4n) is 1.65. The highest BCUT2D eigenvalue weighted by atomic mass is 19.4.